The summed E-state index contributed by atoms with van der Waals surface area (Å²) in [7, 11) is 0. The Balaban J connectivity index is 1.24. The normalized spacial score (nSPS) is 11.6. The molecule has 4 nitrogen and oxygen atoms in total. The van der Waals surface area contributed by atoms with Crippen LogP contribution in [0.2, 0.25) is 0 Å². The SMILES string of the molecule is c1ccc(-c2nc(-c3ccccc3)nc(-c3cccc4c3oc3c(-c5ccc6c(ccc7ccccc76)c5)cccc34)n2)cc1. The van der Waals surface area contributed by atoms with Crippen molar-refractivity contribution in [3.63, 3.8) is 0 Å². The molecule has 45 heavy (non-hydrogen) atoms. The van der Waals surface area contributed by atoms with E-state index in [1.54, 1.807) is 0 Å². The lowest BCUT2D eigenvalue weighted by Gasteiger charge is -2.08. The zero-order chi connectivity index (χ0) is 29.7. The van der Waals surface area contributed by atoms with E-state index in [0.29, 0.717) is 17.5 Å². The third-order valence-electron chi connectivity index (χ3n) is 8.52. The standard InChI is InChI=1S/C41H25N3O/c1-3-12-27(13-4-1)39-42-40(28-14-5-2-6-15-28)44-41(43-39)36-20-10-19-35-34-18-9-17-33(37(34)45-38(35)36)30-23-24-32-29(25-30)22-21-26-11-7-8-16-31(26)32/h1-25H. The van der Waals surface area contributed by atoms with Gasteiger partial charge in [0.25, 0.3) is 0 Å². The van der Waals surface area contributed by atoms with E-state index in [2.05, 4.69) is 84.9 Å². The fourth-order valence-corrected chi connectivity index (χ4v) is 6.33. The van der Waals surface area contributed by atoms with Gasteiger partial charge < -0.3 is 4.42 Å². The molecule has 2 heterocycles. The number of hydrogen-bond acceptors (Lipinski definition) is 4. The molecule has 0 bridgehead atoms. The fourth-order valence-electron chi connectivity index (χ4n) is 6.33. The maximum Gasteiger partial charge on any atom is 0.167 e. The van der Waals surface area contributed by atoms with Gasteiger partial charge in [0, 0.05) is 27.5 Å². The van der Waals surface area contributed by atoms with Gasteiger partial charge >= 0.3 is 0 Å². The first-order valence-electron chi connectivity index (χ1n) is 15.0. The van der Waals surface area contributed by atoms with Crippen LogP contribution in [0, 0.1) is 0 Å². The number of nitrogens with zero attached hydrogens (tertiary/aromatic N) is 3. The van der Waals surface area contributed by atoms with Crippen molar-refractivity contribution in [1.82, 2.24) is 15.0 Å². The van der Waals surface area contributed by atoms with Crippen LogP contribution >= 0.6 is 0 Å². The maximum atomic E-state index is 6.80. The fraction of sp³-hybridized carbons (Fsp3) is 0. The average molecular weight is 576 g/mol. The minimum absolute atomic E-state index is 0.575. The highest BCUT2D eigenvalue weighted by Gasteiger charge is 2.19. The molecule has 7 aromatic carbocycles. The summed E-state index contributed by atoms with van der Waals surface area (Å²) in [6, 6.07) is 52.2. The molecule has 4 heteroatoms. The minimum atomic E-state index is 0.575. The van der Waals surface area contributed by atoms with Gasteiger partial charge in [0.1, 0.15) is 11.2 Å². The van der Waals surface area contributed by atoms with E-state index in [4.69, 9.17) is 19.4 Å². The van der Waals surface area contributed by atoms with Crippen molar-refractivity contribution < 1.29 is 4.42 Å². The van der Waals surface area contributed by atoms with Crippen LogP contribution < -0.4 is 0 Å². The van der Waals surface area contributed by atoms with E-state index in [9.17, 15) is 0 Å². The smallest absolute Gasteiger partial charge is 0.167 e. The molecule has 0 atom stereocenters. The minimum Gasteiger partial charge on any atom is -0.455 e. The van der Waals surface area contributed by atoms with Crippen LogP contribution in [0.25, 0.3) is 88.8 Å². The van der Waals surface area contributed by atoms with Crippen molar-refractivity contribution in [3.8, 4) is 45.3 Å². The summed E-state index contributed by atoms with van der Waals surface area (Å²) in [6.45, 7) is 0. The third-order valence-corrected chi connectivity index (χ3v) is 8.52. The molecule has 0 spiro atoms. The Hall–Kier alpha value is -6.13. The zero-order valence-corrected chi connectivity index (χ0v) is 24.2. The van der Waals surface area contributed by atoms with E-state index in [1.165, 1.54) is 21.5 Å². The molecule has 0 amide bonds. The van der Waals surface area contributed by atoms with Crippen molar-refractivity contribution in [2.24, 2.45) is 0 Å². The second-order valence-electron chi connectivity index (χ2n) is 11.2. The van der Waals surface area contributed by atoms with Crippen LogP contribution in [0.5, 0.6) is 0 Å². The van der Waals surface area contributed by atoms with E-state index in [0.717, 1.165) is 49.8 Å². The maximum absolute atomic E-state index is 6.80. The number of furan rings is 1. The van der Waals surface area contributed by atoms with Crippen LogP contribution in [0.4, 0.5) is 0 Å². The van der Waals surface area contributed by atoms with E-state index < -0.39 is 0 Å². The lowest BCUT2D eigenvalue weighted by atomic mass is 9.96. The summed E-state index contributed by atoms with van der Waals surface area (Å²) in [4.78, 5) is 14.8. The number of benzene rings is 7. The Morgan fingerprint density at radius 1 is 0.333 bits per heavy atom. The quantitative estimate of drug-likeness (QED) is 0.196. The first-order valence-corrected chi connectivity index (χ1v) is 15.0. The summed E-state index contributed by atoms with van der Waals surface area (Å²) in [5.41, 5.74) is 6.47. The molecule has 0 unspecified atom stereocenters. The van der Waals surface area contributed by atoms with Gasteiger partial charge in [-0.3, -0.25) is 0 Å². The van der Waals surface area contributed by atoms with E-state index in [-0.39, 0.29) is 0 Å². The van der Waals surface area contributed by atoms with Gasteiger partial charge in [-0.05, 0) is 39.2 Å². The molecular formula is C41H25N3O. The van der Waals surface area contributed by atoms with Crippen molar-refractivity contribution >= 4 is 43.5 Å². The largest absolute Gasteiger partial charge is 0.455 e. The van der Waals surface area contributed by atoms with Gasteiger partial charge in [0.15, 0.2) is 17.5 Å². The number of fused-ring (bicyclic) bond motifs is 6. The van der Waals surface area contributed by atoms with Gasteiger partial charge in [-0.2, -0.15) is 0 Å². The monoisotopic (exact) mass is 575 g/mol. The highest BCUT2D eigenvalue weighted by atomic mass is 16.3. The molecular weight excluding hydrogens is 550 g/mol. The predicted molar refractivity (Wildman–Crippen MR) is 184 cm³/mol. The molecule has 0 aliphatic heterocycles. The van der Waals surface area contributed by atoms with Crippen molar-refractivity contribution in [2.75, 3.05) is 0 Å². The summed E-state index contributed by atoms with van der Waals surface area (Å²) >= 11 is 0. The zero-order valence-electron chi connectivity index (χ0n) is 24.2. The lowest BCUT2D eigenvalue weighted by molar-refractivity contribution is 0.670. The molecule has 2 aromatic heterocycles. The Morgan fingerprint density at radius 3 is 1.58 bits per heavy atom. The third kappa shape index (κ3) is 4.27. The molecule has 0 N–H and O–H groups in total. The molecule has 0 fully saturated rings. The van der Waals surface area contributed by atoms with Crippen LogP contribution in [-0.4, -0.2) is 15.0 Å². The van der Waals surface area contributed by atoms with Gasteiger partial charge in [-0.25, -0.2) is 15.0 Å². The number of hydrogen-bond donors (Lipinski definition) is 0. The van der Waals surface area contributed by atoms with E-state index >= 15 is 0 Å². The highest BCUT2D eigenvalue weighted by molar-refractivity contribution is 6.14. The molecule has 9 aromatic rings. The molecule has 0 saturated carbocycles. The first kappa shape index (κ1) is 25.4. The van der Waals surface area contributed by atoms with Crippen LogP contribution in [0.15, 0.2) is 156 Å². The number of rotatable bonds is 4. The number of aromatic nitrogens is 3. The van der Waals surface area contributed by atoms with Crippen LogP contribution in [0.3, 0.4) is 0 Å². The van der Waals surface area contributed by atoms with Crippen molar-refractivity contribution in [2.45, 2.75) is 0 Å². The summed E-state index contributed by atoms with van der Waals surface area (Å²) in [5.74, 6) is 1.82. The molecule has 0 saturated heterocycles. The molecule has 0 radical (unpaired) electrons. The summed E-state index contributed by atoms with van der Waals surface area (Å²) in [5, 5.41) is 7.04. The Kier molecular flexibility index (Phi) is 5.78. The second-order valence-corrected chi connectivity index (χ2v) is 11.2. The van der Waals surface area contributed by atoms with Gasteiger partial charge in [-0.1, -0.05) is 140 Å². The van der Waals surface area contributed by atoms with Crippen LogP contribution in [-0.2, 0) is 0 Å². The average Bonchev–Trinajstić information content (AvgIpc) is 3.51. The highest BCUT2D eigenvalue weighted by Crippen LogP contribution is 2.40. The van der Waals surface area contributed by atoms with Gasteiger partial charge in [0.05, 0.1) is 5.56 Å². The van der Waals surface area contributed by atoms with Gasteiger partial charge in [-0.15, -0.1) is 0 Å². The number of para-hydroxylation sites is 2. The van der Waals surface area contributed by atoms with Crippen molar-refractivity contribution in [1.29, 1.82) is 0 Å². The lowest BCUT2D eigenvalue weighted by Crippen LogP contribution is -2.00. The Bertz CT molecular complexity index is 2480. The van der Waals surface area contributed by atoms with E-state index in [1.807, 2.05) is 66.7 Å². The van der Waals surface area contributed by atoms with Gasteiger partial charge in [0.2, 0.25) is 0 Å². The summed E-state index contributed by atoms with van der Waals surface area (Å²) < 4.78 is 6.80. The predicted octanol–water partition coefficient (Wildman–Crippen LogP) is 10.7. The second kappa shape index (κ2) is 10.2. The topological polar surface area (TPSA) is 51.8 Å². The Labute approximate surface area is 259 Å². The first-order chi connectivity index (χ1) is 22.3. The Morgan fingerprint density at radius 2 is 0.867 bits per heavy atom. The van der Waals surface area contributed by atoms with Crippen LogP contribution in [0.1, 0.15) is 0 Å². The molecule has 0 aliphatic rings. The molecule has 210 valence electrons. The van der Waals surface area contributed by atoms with Crippen molar-refractivity contribution in [3.05, 3.63) is 152 Å². The molecule has 0 aliphatic carbocycles. The molecule has 9 rings (SSSR count). The summed E-state index contributed by atoms with van der Waals surface area (Å²) in [6.07, 6.45) is 0.